The van der Waals surface area contributed by atoms with Crippen LogP contribution in [0.5, 0.6) is 0 Å². The fraction of sp³-hybridized carbons (Fsp3) is 0.933. The Morgan fingerprint density at radius 1 is 1.16 bits per heavy atom. The fourth-order valence-electron chi connectivity index (χ4n) is 3.31. The number of hydrogen-bond acceptors (Lipinski definition) is 3. The minimum absolute atomic E-state index is 0.204. The van der Waals surface area contributed by atoms with Gasteiger partial charge in [-0.2, -0.15) is 0 Å². The van der Waals surface area contributed by atoms with Crippen molar-refractivity contribution in [3.05, 3.63) is 0 Å². The molecule has 2 fully saturated rings. The van der Waals surface area contributed by atoms with Crippen LogP contribution < -0.4 is 5.32 Å². The molecule has 0 saturated carbocycles. The Balaban J connectivity index is 1.84. The third kappa shape index (κ3) is 4.18. The molecule has 0 aliphatic carbocycles. The number of amides is 1. The van der Waals surface area contributed by atoms with Gasteiger partial charge in [0.2, 0.25) is 5.91 Å². The number of likely N-dealkylation sites (tertiary alicyclic amines) is 2. The molecule has 2 aliphatic heterocycles. The Kier molecular flexibility index (Phi) is 5.22. The van der Waals surface area contributed by atoms with E-state index in [2.05, 4.69) is 22.2 Å². The zero-order chi connectivity index (χ0) is 13.8. The van der Waals surface area contributed by atoms with E-state index in [0.717, 1.165) is 13.0 Å². The second-order valence-corrected chi connectivity index (χ2v) is 6.53. The van der Waals surface area contributed by atoms with E-state index in [1.165, 1.54) is 38.9 Å². The summed E-state index contributed by atoms with van der Waals surface area (Å²) in [6.45, 7) is 8.62. The van der Waals surface area contributed by atoms with Crippen LogP contribution in [0.4, 0.5) is 0 Å². The van der Waals surface area contributed by atoms with E-state index in [1.807, 2.05) is 13.8 Å². The van der Waals surface area contributed by atoms with Crippen molar-refractivity contribution in [2.45, 2.75) is 51.6 Å². The lowest BCUT2D eigenvalue weighted by Gasteiger charge is -2.41. The van der Waals surface area contributed by atoms with Crippen molar-refractivity contribution in [3.63, 3.8) is 0 Å². The maximum Gasteiger partial charge on any atom is 0.224 e. The number of nitrogens with one attached hydrogen (secondary N) is 1. The summed E-state index contributed by atoms with van der Waals surface area (Å²) < 4.78 is 0. The van der Waals surface area contributed by atoms with Crippen LogP contribution in [0.2, 0.25) is 0 Å². The second kappa shape index (κ2) is 6.71. The molecule has 1 unspecified atom stereocenters. The predicted molar refractivity (Wildman–Crippen MR) is 78.1 cm³/mol. The van der Waals surface area contributed by atoms with Crippen LogP contribution in [0.25, 0.3) is 0 Å². The van der Waals surface area contributed by atoms with Crippen LogP contribution in [0.1, 0.15) is 39.5 Å². The lowest BCUT2D eigenvalue weighted by Crippen LogP contribution is -2.50. The van der Waals surface area contributed by atoms with Gasteiger partial charge in [-0.25, -0.2) is 0 Å². The molecule has 0 bridgehead atoms. The molecule has 4 heteroatoms. The molecule has 0 aromatic heterocycles. The number of rotatable bonds is 3. The van der Waals surface area contributed by atoms with E-state index in [9.17, 15) is 4.79 Å². The first-order chi connectivity index (χ1) is 9.06. The Morgan fingerprint density at radius 2 is 1.84 bits per heavy atom. The van der Waals surface area contributed by atoms with E-state index in [1.54, 1.807) is 0 Å². The number of hydrogen-bond donors (Lipinski definition) is 1. The maximum absolute atomic E-state index is 12.1. The first-order valence-electron chi connectivity index (χ1n) is 7.79. The zero-order valence-electron chi connectivity index (χ0n) is 12.7. The molecule has 4 nitrogen and oxygen atoms in total. The summed E-state index contributed by atoms with van der Waals surface area (Å²) in [5.74, 6) is 0.462. The lowest BCUT2D eigenvalue weighted by molar-refractivity contribution is -0.127. The molecule has 2 heterocycles. The van der Waals surface area contributed by atoms with E-state index in [4.69, 9.17) is 0 Å². The van der Waals surface area contributed by atoms with Crippen molar-refractivity contribution < 1.29 is 4.79 Å². The number of nitrogens with zero attached hydrogens (tertiary/aromatic N) is 2. The molecule has 1 amide bonds. The molecule has 1 atom stereocenters. The third-order valence-corrected chi connectivity index (χ3v) is 4.46. The summed E-state index contributed by atoms with van der Waals surface area (Å²) in [4.78, 5) is 17.1. The number of carbonyl (C=O) groups is 1. The quantitative estimate of drug-likeness (QED) is 0.837. The van der Waals surface area contributed by atoms with E-state index < -0.39 is 0 Å². The molecular weight excluding hydrogens is 238 g/mol. The summed E-state index contributed by atoms with van der Waals surface area (Å²) in [6, 6.07) is 0.956. The van der Waals surface area contributed by atoms with Crippen LogP contribution >= 0.6 is 0 Å². The summed E-state index contributed by atoms with van der Waals surface area (Å²) in [5.41, 5.74) is 0. The first kappa shape index (κ1) is 14.8. The van der Waals surface area contributed by atoms with Gasteiger partial charge in [0.05, 0.1) is 5.92 Å². The largest absolute Gasteiger partial charge is 0.354 e. The number of piperidine rings is 2. The van der Waals surface area contributed by atoms with Crippen LogP contribution in [0.3, 0.4) is 0 Å². The molecule has 19 heavy (non-hydrogen) atoms. The molecular formula is C15H29N3O. The van der Waals surface area contributed by atoms with Gasteiger partial charge in [-0.15, -0.1) is 0 Å². The molecule has 2 rings (SSSR count). The third-order valence-electron chi connectivity index (χ3n) is 4.46. The fourth-order valence-corrected chi connectivity index (χ4v) is 3.31. The summed E-state index contributed by atoms with van der Waals surface area (Å²) in [5, 5.41) is 3.07. The minimum atomic E-state index is 0.204. The standard InChI is InChI=1S/C15H29N3O/c1-12(2)16-15(19)13-5-4-8-18(11-13)14-6-9-17(3)10-7-14/h12-14H,4-11H2,1-3H3,(H,16,19). The van der Waals surface area contributed by atoms with Crippen molar-refractivity contribution in [1.82, 2.24) is 15.1 Å². The molecule has 2 saturated heterocycles. The van der Waals surface area contributed by atoms with Gasteiger partial charge in [0.1, 0.15) is 0 Å². The molecule has 0 aromatic carbocycles. The first-order valence-corrected chi connectivity index (χ1v) is 7.79. The van der Waals surface area contributed by atoms with Gasteiger partial charge in [-0.05, 0) is 66.2 Å². The second-order valence-electron chi connectivity index (χ2n) is 6.53. The van der Waals surface area contributed by atoms with E-state index >= 15 is 0 Å². The Bertz CT molecular complexity index is 298. The minimum Gasteiger partial charge on any atom is -0.354 e. The topological polar surface area (TPSA) is 35.6 Å². The molecule has 0 aromatic rings. The van der Waals surface area contributed by atoms with Crippen molar-refractivity contribution in [2.24, 2.45) is 5.92 Å². The van der Waals surface area contributed by atoms with Crippen molar-refractivity contribution in [2.75, 3.05) is 33.2 Å². The van der Waals surface area contributed by atoms with Gasteiger partial charge in [0, 0.05) is 18.6 Å². The van der Waals surface area contributed by atoms with Crippen molar-refractivity contribution >= 4 is 5.91 Å². The SMILES string of the molecule is CC(C)NC(=O)C1CCCN(C2CCN(C)CC2)C1. The van der Waals surface area contributed by atoms with Crippen molar-refractivity contribution in [3.8, 4) is 0 Å². The summed E-state index contributed by atoms with van der Waals surface area (Å²) in [6.07, 6.45) is 4.74. The highest BCUT2D eigenvalue weighted by molar-refractivity contribution is 5.79. The lowest BCUT2D eigenvalue weighted by atomic mass is 9.93. The van der Waals surface area contributed by atoms with Crippen LogP contribution in [0, 0.1) is 5.92 Å². The Hall–Kier alpha value is -0.610. The van der Waals surface area contributed by atoms with Gasteiger partial charge in [-0.3, -0.25) is 9.69 Å². The number of carbonyl (C=O) groups excluding carboxylic acids is 1. The monoisotopic (exact) mass is 267 g/mol. The summed E-state index contributed by atoms with van der Waals surface area (Å²) >= 11 is 0. The highest BCUT2D eigenvalue weighted by Gasteiger charge is 2.31. The van der Waals surface area contributed by atoms with Gasteiger partial charge in [-0.1, -0.05) is 0 Å². The molecule has 110 valence electrons. The average Bonchev–Trinajstić information content (AvgIpc) is 2.39. The predicted octanol–water partition coefficient (Wildman–Crippen LogP) is 1.32. The van der Waals surface area contributed by atoms with Gasteiger partial charge in [0.25, 0.3) is 0 Å². The Morgan fingerprint density at radius 3 is 2.47 bits per heavy atom. The highest BCUT2D eigenvalue weighted by Crippen LogP contribution is 2.23. The molecule has 2 aliphatic rings. The van der Waals surface area contributed by atoms with Crippen molar-refractivity contribution in [1.29, 1.82) is 0 Å². The zero-order valence-corrected chi connectivity index (χ0v) is 12.7. The van der Waals surface area contributed by atoms with E-state index in [0.29, 0.717) is 6.04 Å². The average molecular weight is 267 g/mol. The maximum atomic E-state index is 12.1. The Labute approximate surface area is 117 Å². The van der Waals surface area contributed by atoms with Gasteiger partial charge in [0.15, 0.2) is 0 Å². The molecule has 0 radical (unpaired) electrons. The highest BCUT2D eigenvalue weighted by atomic mass is 16.2. The normalized spacial score (nSPS) is 27.7. The van der Waals surface area contributed by atoms with Crippen LogP contribution in [0.15, 0.2) is 0 Å². The molecule has 0 spiro atoms. The summed E-state index contributed by atoms with van der Waals surface area (Å²) in [7, 11) is 2.20. The van der Waals surface area contributed by atoms with Crippen LogP contribution in [-0.2, 0) is 4.79 Å². The van der Waals surface area contributed by atoms with E-state index in [-0.39, 0.29) is 17.9 Å². The van der Waals surface area contributed by atoms with Gasteiger partial charge < -0.3 is 10.2 Å². The van der Waals surface area contributed by atoms with Gasteiger partial charge >= 0.3 is 0 Å². The van der Waals surface area contributed by atoms with Crippen LogP contribution in [-0.4, -0.2) is 61.0 Å². The molecule has 1 N–H and O–H groups in total. The smallest absolute Gasteiger partial charge is 0.224 e.